The molecule has 0 aliphatic carbocycles. The maximum Gasteiger partial charge on any atom is 0.325 e. The maximum atomic E-state index is 13.0. The van der Waals surface area contributed by atoms with Crippen molar-refractivity contribution in [2.45, 2.75) is 20.3 Å². The number of amides is 1. The summed E-state index contributed by atoms with van der Waals surface area (Å²) in [5, 5.41) is 0. The molecule has 0 spiro atoms. The number of pyridine rings is 1. The third-order valence-corrected chi connectivity index (χ3v) is 2.38. The van der Waals surface area contributed by atoms with Gasteiger partial charge in [-0.2, -0.15) is 4.39 Å². The SMILES string of the molecule is CCCN(CC(=O)OCC)C(=O)c1ccnc(F)c1. The molecule has 0 aliphatic rings. The fraction of sp³-hybridized carbons (Fsp3) is 0.462. The maximum absolute atomic E-state index is 13.0. The average molecular weight is 268 g/mol. The van der Waals surface area contributed by atoms with Crippen LogP contribution in [0.25, 0.3) is 0 Å². The van der Waals surface area contributed by atoms with Crippen molar-refractivity contribution in [2.24, 2.45) is 0 Å². The summed E-state index contributed by atoms with van der Waals surface area (Å²) < 4.78 is 17.8. The van der Waals surface area contributed by atoms with Gasteiger partial charge in [-0.25, -0.2) is 4.98 Å². The lowest BCUT2D eigenvalue weighted by Gasteiger charge is -2.21. The van der Waals surface area contributed by atoms with Crippen LogP contribution in [0.4, 0.5) is 4.39 Å². The molecule has 0 atom stereocenters. The molecule has 1 aromatic rings. The predicted octanol–water partition coefficient (Wildman–Crippen LogP) is 1.64. The zero-order valence-electron chi connectivity index (χ0n) is 11.1. The Balaban J connectivity index is 2.80. The number of carbonyl (C=O) groups excluding carboxylic acids is 2. The average Bonchev–Trinajstić information content (AvgIpc) is 2.37. The summed E-state index contributed by atoms with van der Waals surface area (Å²) in [5.41, 5.74) is 0.172. The van der Waals surface area contributed by atoms with Gasteiger partial charge in [0.1, 0.15) is 6.54 Å². The van der Waals surface area contributed by atoms with Gasteiger partial charge in [-0.1, -0.05) is 6.92 Å². The molecule has 0 N–H and O–H groups in total. The van der Waals surface area contributed by atoms with Crippen molar-refractivity contribution in [1.82, 2.24) is 9.88 Å². The van der Waals surface area contributed by atoms with Gasteiger partial charge in [0.05, 0.1) is 6.61 Å². The summed E-state index contributed by atoms with van der Waals surface area (Å²) >= 11 is 0. The Labute approximate surface area is 111 Å². The quantitative estimate of drug-likeness (QED) is 0.581. The summed E-state index contributed by atoms with van der Waals surface area (Å²) in [5.74, 6) is -1.60. The highest BCUT2D eigenvalue weighted by Crippen LogP contribution is 2.06. The Morgan fingerprint density at radius 3 is 2.74 bits per heavy atom. The molecule has 0 saturated carbocycles. The van der Waals surface area contributed by atoms with Crippen LogP contribution in [-0.2, 0) is 9.53 Å². The Kier molecular flexibility index (Phi) is 5.92. The first-order valence-corrected chi connectivity index (χ1v) is 6.15. The minimum absolute atomic E-state index is 0.134. The molecule has 0 radical (unpaired) electrons. The first-order chi connectivity index (χ1) is 9.08. The lowest BCUT2D eigenvalue weighted by atomic mass is 10.2. The molecule has 104 valence electrons. The molecule has 0 unspecified atom stereocenters. The van der Waals surface area contributed by atoms with E-state index in [1.54, 1.807) is 6.92 Å². The Hall–Kier alpha value is -1.98. The van der Waals surface area contributed by atoms with Crippen molar-refractivity contribution in [1.29, 1.82) is 0 Å². The Bertz CT molecular complexity index is 451. The summed E-state index contributed by atoms with van der Waals surface area (Å²) in [6.07, 6.45) is 1.91. The highest BCUT2D eigenvalue weighted by Gasteiger charge is 2.19. The van der Waals surface area contributed by atoms with Gasteiger partial charge < -0.3 is 9.64 Å². The van der Waals surface area contributed by atoms with Gasteiger partial charge in [-0.15, -0.1) is 0 Å². The van der Waals surface area contributed by atoms with Crippen molar-refractivity contribution in [3.63, 3.8) is 0 Å². The van der Waals surface area contributed by atoms with Crippen LogP contribution in [0.3, 0.4) is 0 Å². The molecule has 0 aromatic carbocycles. The van der Waals surface area contributed by atoms with Crippen LogP contribution in [-0.4, -0.2) is 41.5 Å². The number of aromatic nitrogens is 1. The monoisotopic (exact) mass is 268 g/mol. The van der Waals surface area contributed by atoms with E-state index in [1.807, 2.05) is 6.92 Å². The Morgan fingerprint density at radius 2 is 2.16 bits per heavy atom. The van der Waals surface area contributed by atoms with Crippen LogP contribution < -0.4 is 0 Å². The lowest BCUT2D eigenvalue weighted by molar-refractivity contribution is -0.143. The van der Waals surface area contributed by atoms with Crippen molar-refractivity contribution in [3.05, 3.63) is 29.8 Å². The van der Waals surface area contributed by atoms with Crippen molar-refractivity contribution >= 4 is 11.9 Å². The van der Waals surface area contributed by atoms with Gasteiger partial charge in [-0.3, -0.25) is 9.59 Å². The molecule has 0 fully saturated rings. The van der Waals surface area contributed by atoms with Crippen LogP contribution >= 0.6 is 0 Å². The number of esters is 1. The van der Waals surface area contributed by atoms with E-state index in [2.05, 4.69) is 4.98 Å². The van der Waals surface area contributed by atoms with Crippen molar-refractivity contribution in [2.75, 3.05) is 19.7 Å². The van der Waals surface area contributed by atoms with E-state index in [4.69, 9.17) is 4.74 Å². The second kappa shape index (κ2) is 7.45. The van der Waals surface area contributed by atoms with Gasteiger partial charge in [-0.05, 0) is 19.4 Å². The highest BCUT2D eigenvalue weighted by molar-refractivity contribution is 5.95. The van der Waals surface area contributed by atoms with Gasteiger partial charge >= 0.3 is 5.97 Å². The van der Waals surface area contributed by atoms with Crippen LogP contribution in [0.15, 0.2) is 18.3 Å². The van der Waals surface area contributed by atoms with Gasteiger partial charge in [0, 0.05) is 24.4 Å². The van der Waals surface area contributed by atoms with E-state index in [0.717, 1.165) is 6.07 Å². The van der Waals surface area contributed by atoms with Gasteiger partial charge in [0.2, 0.25) is 5.95 Å². The minimum atomic E-state index is -0.724. The van der Waals surface area contributed by atoms with Crippen LogP contribution in [0.1, 0.15) is 30.6 Å². The van der Waals surface area contributed by atoms with Crippen molar-refractivity contribution < 1.29 is 18.7 Å². The van der Waals surface area contributed by atoms with Gasteiger partial charge in [0.25, 0.3) is 5.91 Å². The van der Waals surface area contributed by atoms with Crippen molar-refractivity contribution in [3.8, 4) is 0 Å². The van der Waals surface area contributed by atoms with E-state index in [9.17, 15) is 14.0 Å². The first kappa shape index (κ1) is 15.1. The highest BCUT2D eigenvalue weighted by atomic mass is 19.1. The largest absolute Gasteiger partial charge is 0.465 e. The number of ether oxygens (including phenoxy) is 1. The molecule has 0 saturated heterocycles. The van der Waals surface area contributed by atoms with Crippen LogP contribution in [0.5, 0.6) is 0 Å². The topological polar surface area (TPSA) is 59.5 Å². The zero-order chi connectivity index (χ0) is 14.3. The molecule has 1 aromatic heterocycles. The smallest absolute Gasteiger partial charge is 0.325 e. The molecule has 5 nitrogen and oxygen atoms in total. The number of carbonyl (C=O) groups is 2. The van der Waals surface area contributed by atoms with Gasteiger partial charge in [0.15, 0.2) is 0 Å². The summed E-state index contributed by atoms with van der Waals surface area (Å²) in [6.45, 7) is 4.11. The second-order valence-electron chi connectivity index (χ2n) is 3.90. The number of hydrogen-bond donors (Lipinski definition) is 0. The molecule has 1 rings (SSSR count). The second-order valence-corrected chi connectivity index (χ2v) is 3.90. The number of nitrogens with zero attached hydrogens (tertiary/aromatic N) is 2. The molecule has 1 amide bonds. The van der Waals surface area contributed by atoms with Crippen LogP contribution in [0, 0.1) is 5.95 Å². The standard InChI is InChI=1S/C13H17FN2O3/c1-3-7-16(9-12(17)19-4-2)13(18)10-5-6-15-11(14)8-10/h5-6,8H,3-4,7,9H2,1-2H3. The lowest BCUT2D eigenvalue weighted by Crippen LogP contribution is -2.37. The van der Waals surface area contributed by atoms with E-state index in [0.29, 0.717) is 13.0 Å². The van der Waals surface area contributed by atoms with E-state index < -0.39 is 17.8 Å². The first-order valence-electron chi connectivity index (χ1n) is 6.15. The molecule has 1 heterocycles. The number of rotatable bonds is 6. The molecular weight excluding hydrogens is 251 g/mol. The molecule has 19 heavy (non-hydrogen) atoms. The molecular formula is C13H17FN2O3. The summed E-state index contributed by atoms with van der Waals surface area (Å²) in [6, 6.07) is 2.47. The third kappa shape index (κ3) is 4.65. The number of hydrogen-bond acceptors (Lipinski definition) is 4. The van der Waals surface area contributed by atoms with Crippen LogP contribution in [0.2, 0.25) is 0 Å². The van der Waals surface area contributed by atoms with E-state index in [1.165, 1.54) is 17.2 Å². The predicted molar refractivity (Wildman–Crippen MR) is 67.0 cm³/mol. The summed E-state index contributed by atoms with van der Waals surface area (Å²) in [4.78, 5) is 28.3. The molecule has 0 bridgehead atoms. The normalized spacial score (nSPS) is 10.1. The fourth-order valence-corrected chi connectivity index (χ4v) is 1.60. The Morgan fingerprint density at radius 1 is 1.42 bits per heavy atom. The van der Waals surface area contributed by atoms with E-state index >= 15 is 0 Å². The number of halogens is 1. The molecule has 6 heteroatoms. The molecule has 0 aliphatic heterocycles. The zero-order valence-corrected chi connectivity index (χ0v) is 11.1. The fourth-order valence-electron chi connectivity index (χ4n) is 1.60. The third-order valence-electron chi connectivity index (χ3n) is 2.38. The minimum Gasteiger partial charge on any atom is -0.465 e. The summed E-state index contributed by atoms with van der Waals surface area (Å²) in [7, 11) is 0. The van der Waals surface area contributed by atoms with E-state index in [-0.39, 0.29) is 18.7 Å².